The Hall–Kier alpha value is -1.59. The number of rotatable bonds is 3. The summed E-state index contributed by atoms with van der Waals surface area (Å²) >= 11 is 6.15. The van der Waals surface area contributed by atoms with E-state index in [-0.39, 0.29) is 11.8 Å². The van der Waals surface area contributed by atoms with Crippen molar-refractivity contribution in [3.63, 3.8) is 0 Å². The summed E-state index contributed by atoms with van der Waals surface area (Å²) in [5.41, 5.74) is 1.74. The average molecular weight is 291 g/mol. The molecule has 0 amide bonds. The molecule has 1 aliphatic carbocycles. The lowest BCUT2D eigenvalue weighted by molar-refractivity contribution is 0.0546. The SMILES string of the molecule is CC(C)(O)[C@H]1C[C@@H]1c1cc(-c2cncnc2)nnc1Cl. The molecule has 104 valence electrons. The van der Waals surface area contributed by atoms with Gasteiger partial charge in [-0.15, -0.1) is 10.2 Å². The minimum atomic E-state index is -0.701. The van der Waals surface area contributed by atoms with Crippen LogP contribution in [0.4, 0.5) is 0 Å². The number of hydrogen-bond acceptors (Lipinski definition) is 5. The third-order valence-corrected chi connectivity index (χ3v) is 4.02. The summed E-state index contributed by atoms with van der Waals surface area (Å²) in [6.45, 7) is 3.65. The van der Waals surface area contributed by atoms with Gasteiger partial charge in [0.2, 0.25) is 0 Å². The summed E-state index contributed by atoms with van der Waals surface area (Å²) in [6, 6.07) is 1.92. The third-order valence-electron chi connectivity index (χ3n) is 3.73. The van der Waals surface area contributed by atoms with E-state index in [1.54, 1.807) is 12.4 Å². The lowest BCUT2D eigenvalue weighted by Crippen LogP contribution is -2.22. The van der Waals surface area contributed by atoms with Crippen molar-refractivity contribution in [1.29, 1.82) is 0 Å². The fraction of sp³-hybridized carbons (Fsp3) is 0.429. The van der Waals surface area contributed by atoms with E-state index < -0.39 is 5.60 Å². The summed E-state index contributed by atoms with van der Waals surface area (Å²) in [5.74, 6) is 0.449. The van der Waals surface area contributed by atoms with Crippen molar-refractivity contribution in [2.24, 2.45) is 5.92 Å². The number of hydrogen-bond donors (Lipinski definition) is 1. The van der Waals surface area contributed by atoms with Gasteiger partial charge in [0.1, 0.15) is 6.33 Å². The van der Waals surface area contributed by atoms with Gasteiger partial charge in [0.05, 0.1) is 11.3 Å². The maximum absolute atomic E-state index is 10.1. The van der Waals surface area contributed by atoms with Crippen LogP contribution in [0.5, 0.6) is 0 Å². The molecule has 0 saturated heterocycles. The molecule has 0 bridgehead atoms. The van der Waals surface area contributed by atoms with Crippen molar-refractivity contribution in [1.82, 2.24) is 20.2 Å². The van der Waals surface area contributed by atoms with Crippen molar-refractivity contribution < 1.29 is 5.11 Å². The molecule has 2 aromatic rings. The van der Waals surface area contributed by atoms with Gasteiger partial charge in [-0.2, -0.15) is 0 Å². The highest BCUT2D eigenvalue weighted by atomic mass is 35.5. The predicted octanol–water partition coefficient (Wildman–Crippen LogP) is 2.46. The molecule has 6 heteroatoms. The summed E-state index contributed by atoms with van der Waals surface area (Å²) in [5, 5.41) is 18.6. The second kappa shape index (κ2) is 4.75. The largest absolute Gasteiger partial charge is 0.390 e. The molecule has 20 heavy (non-hydrogen) atoms. The summed E-state index contributed by atoms with van der Waals surface area (Å²) in [6.07, 6.45) is 5.77. The second-order valence-electron chi connectivity index (χ2n) is 5.71. The molecule has 2 heterocycles. The molecule has 0 spiro atoms. The molecular formula is C14H15ClN4O. The van der Waals surface area contributed by atoms with E-state index in [0.29, 0.717) is 10.8 Å². The first-order valence-corrected chi connectivity index (χ1v) is 6.85. The molecule has 0 aliphatic heterocycles. The maximum Gasteiger partial charge on any atom is 0.155 e. The highest BCUT2D eigenvalue weighted by molar-refractivity contribution is 6.30. The quantitative estimate of drug-likeness (QED) is 0.940. The zero-order valence-corrected chi connectivity index (χ0v) is 12.0. The van der Waals surface area contributed by atoms with Crippen LogP contribution >= 0.6 is 11.6 Å². The molecule has 1 aliphatic rings. The molecule has 3 rings (SSSR count). The lowest BCUT2D eigenvalue weighted by atomic mass is 9.99. The van der Waals surface area contributed by atoms with Crippen LogP contribution in [0.15, 0.2) is 24.8 Å². The van der Waals surface area contributed by atoms with E-state index in [4.69, 9.17) is 11.6 Å². The molecule has 1 fully saturated rings. The fourth-order valence-corrected chi connectivity index (χ4v) is 2.78. The fourth-order valence-electron chi connectivity index (χ4n) is 2.54. The van der Waals surface area contributed by atoms with Gasteiger partial charge < -0.3 is 5.11 Å². The Morgan fingerprint density at radius 3 is 2.55 bits per heavy atom. The van der Waals surface area contributed by atoms with Gasteiger partial charge >= 0.3 is 0 Å². The Morgan fingerprint density at radius 1 is 1.25 bits per heavy atom. The minimum absolute atomic E-state index is 0.212. The summed E-state index contributed by atoms with van der Waals surface area (Å²) in [7, 11) is 0. The Morgan fingerprint density at radius 2 is 1.95 bits per heavy atom. The lowest BCUT2D eigenvalue weighted by Gasteiger charge is -2.17. The highest BCUT2D eigenvalue weighted by Crippen LogP contribution is 2.54. The molecule has 0 radical (unpaired) electrons. The molecule has 0 unspecified atom stereocenters. The van der Waals surface area contributed by atoms with Crippen molar-refractivity contribution in [2.75, 3.05) is 0 Å². The first kappa shape index (κ1) is 13.4. The van der Waals surface area contributed by atoms with Gasteiger partial charge in [0.25, 0.3) is 0 Å². The maximum atomic E-state index is 10.1. The van der Waals surface area contributed by atoms with E-state index in [0.717, 1.165) is 17.5 Å². The minimum Gasteiger partial charge on any atom is -0.390 e. The smallest absolute Gasteiger partial charge is 0.155 e. The average Bonchev–Trinajstić information content (AvgIpc) is 3.20. The third kappa shape index (κ3) is 2.51. The number of nitrogens with zero attached hydrogens (tertiary/aromatic N) is 4. The molecule has 5 nitrogen and oxygen atoms in total. The van der Waals surface area contributed by atoms with Crippen LogP contribution in [0.2, 0.25) is 5.15 Å². The van der Waals surface area contributed by atoms with E-state index in [1.165, 1.54) is 6.33 Å². The Labute approximate surface area is 122 Å². The van der Waals surface area contributed by atoms with Crippen LogP contribution in [0, 0.1) is 5.92 Å². The van der Waals surface area contributed by atoms with Crippen LogP contribution in [-0.4, -0.2) is 30.9 Å². The number of aromatic nitrogens is 4. The van der Waals surface area contributed by atoms with Crippen LogP contribution in [-0.2, 0) is 0 Å². The molecule has 2 atom stereocenters. The van der Waals surface area contributed by atoms with Gasteiger partial charge in [-0.05, 0) is 43.7 Å². The first-order valence-electron chi connectivity index (χ1n) is 6.47. The summed E-state index contributed by atoms with van der Waals surface area (Å²) < 4.78 is 0. The monoisotopic (exact) mass is 290 g/mol. The standard InChI is InChI=1S/C14H15ClN4O/c1-14(2,20)11-3-9(11)10-4-12(18-19-13(10)15)8-5-16-7-17-6-8/h4-7,9,11,20H,3H2,1-2H3/t9-,11+/m1/s1. The molecule has 0 aromatic carbocycles. The van der Waals surface area contributed by atoms with Crippen molar-refractivity contribution in [3.05, 3.63) is 35.5 Å². The van der Waals surface area contributed by atoms with Crippen LogP contribution in [0.25, 0.3) is 11.3 Å². The Balaban J connectivity index is 1.94. The summed E-state index contributed by atoms with van der Waals surface area (Å²) in [4.78, 5) is 7.95. The predicted molar refractivity (Wildman–Crippen MR) is 75.2 cm³/mol. The van der Waals surface area contributed by atoms with Crippen LogP contribution in [0.1, 0.15) is 31.7 Å². The zero-order valence-electron chi connectivity index (χ0n) is 11.3. The molecule has 2 aromatic heterocycles. The van der Waals surface area contributed by atoms with Crippen molar-refractivity contribution >= 4 is 11.6 Å². The van der Waals surface area contributed by atoms with Crippen molar-refractivity contribution in [3.8, 4) is 11.3 Å². The second-order valence-corrected chi connectivity index (χ2v) is 6.06. The molecular weight excluding hydrogens is 276 g/mol. The molecule has 1 N–H and O–H groups in total. The van der Waals surface area contributed by atoms with Gasteiger partial charge in [0, 0.05) is 18.0 Å². The van der Waals surface area contributed by atoms with Gasteiger partial charge in [-0.1, -0.05) is 11.6 Å². The Kier molecular flexibility index (Phi) is 3.18. The highest BCUT2D eigenvalue weighted by Gasteiger charge is 2.48. The van der Waals surface area contributed by atoms with E-state index in [2.05, 4.69) is 20.2 Å². The van der Waals surface area contributed by atoms with E-state index in [1.807, 2.05) is 19.9 Å². The van der Waals surface area contributed by atoms with Crippen molar-refractivity contribution in [2.45, 2.75) is 31.8 Å². The number of aliphatic hydroxyl groups is 1. The van der Waals surface area contributed by atoms with Gasteiger partial charge in [-0.3, -0.25) is 0 Å². The number of halogens is 1. The molecule has 1 saturated carbocycles. The normalized spacial score (nSPS) is 21.8. The van der Waals surface area contributed by atoms with E-state index in [9.17, 15) is 5.11 Å². The first-order chi connectivity index (χ1) is 9.47. The zero-order chi connectivity index (χ0) is 14.3. The van der Waals surface area contributed by atoms with Gasteiger partial charge in [-0.25, -0.2) is 9.97 Å². The van der Waals surface area contributed by atoms with Crippen LogP contribution in [0.3, 0.4) is 0 Å². The van der Waals surface area contributed by atoms with Crippen LogP contribution < -0.4 is 0 Å². The van der Waals surface area contributed by atoms with Gasteiger partial charge in [0.15, 0.2) is 5.15 Å². The van der Waals surface area contributed by atoms with E-state index >= 15 is 0 Å². The topological polar surface area (TPSA) is 71.8 Å². The Bertz CT molecular complexity index is 627.